The Labute approximate surface area is 200 Å². The molecule has 2 amide bonds. The third-order valence-electron chi connectivity index (χ3n) is 7.10. The van der Waals surface area contributed by atoms with Crippen molar-refractivity contribution < 1.29 is 14.6 Å². The third kappa shape index (κ3) is 4.81. The maximum Gasteiger partial charge on any atom is 0.321 e. The van der Waals surface area contributed by atoms with Crippen LogP contribution in [0.2, 0.25) is 0 Å². The molecule has 3 aliphatic rings. The van der Waals surface area contributed by atoms with Gasteiger partial charge in [-0.3, -0.25) is 0 Å². The van der Waals surface area contributed by atoms with Crippen molar-refractivity contribution in [1.29, 1.82) is 0 Å². The van der Waals surface area contributed by atoms with E-state index in [1.165, 1.54) is 0 Å². The molecule has 3 fully saturated rings. The van der Waals surface area contributed by atoms with E-state index in [-0.39, 0.29) is 12.1 Å². The number of carbonyl (C=O) groups is 1. The summed E-state index contributed by atoms with van der Waals surface area (Å²) in [7, 11) is 0. The molecule has 9 nitrogen and oxygen atoms in total. The number of amides is 2. The highest BCUT2D eigenvalue weighted by Crippen LogP contribution is 2.31. The zero-order chi connectivity index (χ0) is 23.7. The molecule has 1 atom stereocenters. The summed E-state index contributed by atoms with van der Waals surface area (Å²) < 4.78 is 5.52. The molecule has 3 aliphatic heterocycles. The molecule has 2 N–H and O–H groups in total. The van der Waals surface area contributed by atoms with Crippen LogP contribution in [0, 0.1) is 12.8 Å². The van der Waals surface area contributed by atoms with Crippen molar-refractivity contribution in [2.45, 2.75) is 32.8 Å². The summed E-state index contributed by atoms with van der Waals surface area (Å²) in [6.45, 7) is 9.84. The van der Waals surface area contributed by atoms with Gasteiger partial charge in [-0.15, -0.1) is 0 Å². The lowest BCUT2D eigenvalue weighted by atomic mass is 10.0. The molecule has 0 spiro atoms. The van der Waals surface area contributed by atoms with E-state index in [9.17, 15) is 9.90 Å². The number of urea groups is 1. The number of hydrogen-bond donors (Lipinski definition) is 2. The molecule has 0 radical (unpaired) electrons. The molecule has 0 unspecified atom stereocenters. The first-order valence-corrected chi connectivity index (χ1v) is 12.3. The number of nitrogens with zero attached hydrogens (tertiary/aromatic N) is 5. The number of aromatic nitrogens is 2. The van der Waals surface area contributed by atoms with E-state index in [1.807, 2.05) is 34.1 Å². The van der Waals surface area contributed by atoms with Gasteiger partial charge in [-0.25, -0.2) is 9.78 Å². The fraction of sp³-hybridized carbons (Fsp3) is 0.560. The number of rotatable bonds is 5. The molecule has 182 valence electrons. The van der Waals surface area contributed by atoms with Crippen molar-refractivity contribution in [3.63, 3.8) is 0 Å². The lowest BCUT2D eigenvalue weighted by molar-refractivity contribution is 0.122. The molecule has 5 rings (SSSR count). The number of likely N-dealkylation sites (tertiary alicyclic amines) is 1. The quantitative estimate of drug-likeness (QED) is 0.700. The van der Waals surface area contributed by atoms with Crippen LogP contribution in [0.4, 0.5) is 22.2 Å². The summed E-state index contributed by atoms with van der Waals surface area (Å²) in [5.74, 6) is 2.08. The van der Waals surface area contributed by atoms with Crippen molar-refractivity contribution in [2.75, 3.05) is 67.6 Å². The molecule has 2 aromatic rings. The van der Waals surface area contributed by atoms with E-state index in [0.717, 1.165) is 67.3 Å². The second-order valence-corrected chi connectivity index (χ2v) is 9.54. The maximum atomic E-state index is 12.8. The third-order valence-corrected chi connectivity index (χ3v) is 7.10. The van der Waals surface area contributed by atoms with E-state index in [0.29, 0.717) is 38.2 Å². The summed E-state index contributed by atoms with van der Waals surface area (Å²) in [6.07, 6.45) is 1.84. The van der Waals surface area contributed by atoms with Crippen molar-refractivity contribution in [3.8, 4) is 11.3 Å². The molecule has 1 aromatic carbocycles. The van der Waals surface area contributed by atoms with Crippen molar-refractivity contribution >= 4 is 23.5 Å². The van der Waals surface area contributed by atoms with Crippen molar-refractivity contribution in [3.05, 3.63) is 29.8 Å². The fourth-order valence-corrected chi connectivity index (χ4v) is 4.80. The largest absolute Gasteiger partial charge is 0.389 e. The van der Waals surface area contributed by atoms with Gasteiger partial charge in [0.25, 0.3) is 0 Å². The number of anilines is 3. The van der Waals surface area contributed by atoms with Gasteiger partial charge >= 0.3 is 6.03 Å². The summed E-state index contributed by atoms with van der Waals surface area (Å²) in [5, 5.41) is 12.9. The highest BCUT2D eigenvalue weighted by atomic mass is 16.5. The van der Waals surface area contributed by atoms with Gasteiger partial charge < -0.3 is 29.9 Å². The Bertz CT molecular complexity index is 1040. The Kier molecular flexibility index (Phi) is 6.56. The van der Waals surface area contributed by atoms with E-state index >= 15 is 0 Å². The van der Waals surface area contributed by atoms with Gasteiger partial charge in [-0.2, -0.15) is 4.98 Å². The minimum Gasteiger partial charge on any atom is -0.389 e. The standard InChI is InChI=1S/C25H34N6O3/c1-3-18-6-7-30(14-18)25(33)26-19-5-4-17(2)21(12-19)22-13-23(29-8-10-34-11-9-29)28-24(27-22)31-15-20(32)16-31/h4-5,12-13,18,20,32H,3,6-11,14-16H2,1-2H3,(H,26,33)/t18-/m1/s1. The first kappa shape index (κ1) is 22.9. The number of ether oxygens (including phenoxy) is 1. The highest BCUT2D eigenvalue weighted by molar-refractivity contribution is 5.90. The number of aryl methyl sites for hydroxylation is 1. The molecule has 4 heterocycles. The van der Waals surface area contributed by atoms with E-state index in [4.69, 9.17) is 14.7 Å². The Morgan fingerprint density at radius 2 is 1.91 bits per heavy atom. The van der Waals surface area contributed by atoms with Gasteiger partial charge in [0.1, 0.15) is 5.82 Å². The molecular formula is C25H34N6O3. The summed E-state index contributed by atoms with van der Waals surface area (Å²) in [6, 6.07) is 7.94. The first-order chi connectivity index (χ1) is 16.5. The summed E-state index contributed by atoms with van der Waals surface area (Å²) in [5.41, 5.74) is 3.61. The minimum atomic E-state index is -0.336. The van der Waals surface area contributed by atoms with Crippen LogP contribution in [0.3, 0.4) is 0 Å². The van der Waals surface area contributed by atoms with Crippen LogP contribution in [0.25, 0.3) is 11.3 Å². The van der Waals surface area contributed by atoms with Crippen molar-refractivity contribution in [2.24, 2.45) is 5.92 Å². The zero-order valence-corrected chi connectivity index (χ0v) is 20.0. The van der Waals surface area contributed by atoms with E-state index in [2.05, 4.69) is 24.1 Å². The molecule has 0 aliphatic carbocycles. The predicted octanol–water partition coefficient (Wildman–Crippen LogP) is 2.73. The van der Waals surface area contributed by atoms with Gasteiger partial charge in [0.15, 0.2) is 0 Å². The molecule has 1 aromatic heterocycles. The molecule has 0 bridgehead atoms. The Morgan fingerprint density at radius 3 is 2.62 bits per heavy atom. The number of nitrogens with one attached hydrogen (secondary N) is 1. The second-order valence-electron chi connectivity index (χ2n) is 9.54. The van der Waals surface area contributed by atoms with Crippen LogP contribution in [-0.4, -0.2) is 84.6 Å². The Morgan fingerprint density at radius 1 is 1.12 bits per heavy atom. The lowest BCUT2D eigenvalue weighted by Crippen LogP contribution is -2.51. The zero-order valence-electron chi connectivity index (χ0n) is 20.0. The molecular weight excluding hydrogens is 432 g/mol. The number of hydrogen-bond acceptors (Lipinski definition) is 7. The molecule has 0 saturated carbocycles. The minimum absolute atomic E-state index is 0.0438. The predicted molar refractivity (Wildman–Crippen MR) is 132 cm³/mol. The summed E-state index contributed by atoms with van der Waals surface area (Å²) in [4.78, 5) is 28.6. The Balaban J connectivity index is 1.42. The normalized spacial score (nSPS) is 21.0. The lowest BCUT2D eigenvalue weighted by Gasteiger charge is -2.37. The average molecular weight is 467 g/mol. The number of aliphatic hydroxyl groups excluding tert-OH is 1. The van der Waals surface area contributed by atoms with Gasteiger partial charge in [0, 0.05) is 56.6 Å². The van der Waals surface area contributed by atoms with Crippen LogP contribution in [0.1, 0.15) is 25.3 Å². The molecule has 9 heteroatoms. The van der Waals surface area contributed by atoms with Gasteiger partial charge in [0.05, 0.1) is 25.0 Å². The number of benzene rings is 1. The molecule has 3 saturated heterocycles. The number of aliphatic hydroxyl groups is 1. The smallest absolute Gasteiger partial charge is 0.321 e. The van der Waals surface area contributed by atoms with E-state index < -0.39 is 0 Å². The average Bonchev–Trinajstić information content (AvgIpc) is 3.33. The SMILES string of the molecule is CC[C@@H]1CCN(C(=O)Nc2ccc(C)c(-c3cc(N4CCOCC4)nc(N4CC(O)C4)n3)c2)C1. The highest BCUT2D eigenvalue weighted by Gasteiger charge is 2.29. The van der Waals surface area contributed by atoms with Crippen LogP contribution >= 0.6 is 0 Å². The van der Waals surface area contributed by atoms with Gasteiger partial charge in [0.2, 0.25) is 5.95 Å². The van der Waals surface area contributed by atoms with Crippen molar-refractivity contribution in [1.82, 2.24) is 14.9 Å². The second kappa shape index (κ2) is 9.76. The molecule has 34 heavy (non-hydrogen) atoms. The van der Waals surface area contributed by atoms with Crippen LogP contribution < -0.4 is 15.1 Å². The van der Waals surface area contributed by atoms with Gasteiger partial charge in [-0.05, 0) is 37.0 Å². The Hall–Kier alpha value is -2.91. The fourth-order valence-electron chi connectivity index (χ4n) is 4.80. The first-order valence-electron chi connectivity index (χ1n) is 12.3. The van der Waals surface area contributed by atoms with Crippen LogP contribution in [-0.2, 0) is 4.74 Å². The van der Waals surface area contributed by atoms with Gasteiger partial charge in [-0.1, -0.05) is 19.4 Å². The number of β-amino-alcohol motifs (C(OH)–C–C–N with tert-alkyl or cyclic N) is 1. The maximum absolute atomic E-state index is 12.8. The summed E-state index contributed by atoms with van der Waals surface area (Å²) >= 11 is 0. The van der Waals surface area contributed by atoms with Crippen LogP contribution in [0.5, 0.6) is 0 Å². The topological polar surface area (TPSA) is 94.1 Å². The number of morpholine rings is 1. The van der Waals surface area contributed by atoms with Crippen LogP contribution in [0.15, 0.2) is 24.3 Å². The van der Waals surface area contributed by atoms with E-state index in [1.54, 1.807) is 0 Å². The number of carbonyl (C=O) groups excluding carboxylic acids is 1. The monoisotopic (exact) mass is 466 g/mol.